The van der Waals surface area contributed by atoms with Gasteiger partial charge in [-0.3, -0.25) is 9.52 Å². The highest BCUT2D eigenvalue weighted by molar-refractivity contribution is 9.10. The molecule has 0 unspecified atom stereocenters. The lowest BCUT2D eigenvalue weighted by molar-refractivity contribution is 0.102. The summed E-state index contributed by atoms with van der Waals surface area (Å²) >= 11 is 3.21. The van der Waals surface area contributed by atoms with E-state index in [1.54, 1.807) is 43.3 Å². The smallest absolute Gasteiger partial charge is 0.259 e. The monoisotopic (exact) mass is 426 g/mol. The van der Waals surface area contributed by atoms with E-state index in [0.717, 1.165) is 5.56 Å². The topological polar surface area (TPSA) is 95.5 Å². The summed E-state index contributed by atoms with van der Waals surface area (Å²) in [4.78, 5) is 12.3. The second-order valence-corrected chi connectivity index (χ2v) is 8.29. The lowest BCUT2D eigenvalue weighted by Gasteiger charge is -2.11. The van der Waals surface area contributed by atoms with Crippen molar-refractivity contribution in [2.45, 2.75) is 20.3 Å². The van der Waals surface area contributed by atoms with Crippen LogP contribution in [-0.2, 0) is 10.0 Å². The Bertz CT molecular complexity index is 880. The fourth-order valence-electron chi connectivity index (χ4n) is 2.23. The highest BCUT2D eigenvalue weighted by atomic mass is 79.9. The first-order chi connectivity index (χ1) is 11.7. The average molecular weight is 427 g/mol. The number of aryl methyl sites for hydroxylation is 1. The Hall–Kier alpha value is -2.06. The zero-order chi connectivity index (χ0) is 18.6. The summed E-state index contributed by atoms with van der Waals surface area (Å²) in [5.41, 5.74) is 1.89. The number of benzene rings is 2. The van der Waals surface area contributed by atoms with Crippen molar-refractivity contribution in [2.24, 2.45) is 0 Å². The summed E-state index contributed by atoms with van der Waals surface area (Å²) in [5.74, 6) is -0.541. The molecule has 0 aliphatic heterocycles. The number of carbonyl (C=O) groups is 1. The predicted molar refractivity (Wildman–Crippen MR) is 103 cm³/mol. The molecule has 0 aliphatic carbocycles. The molecule has 0 saturated carbocycles. The van der Waals surface area contributed by atoms with E-state index in [1.165, 1.54) is 0 Å². The van der Waals surface area contributed by atoms with Crippen LogP contribution in [-0.4, -0.2) is 25.2 Å². The number of phenolic OH excluding ortho intramolecular Hbond substituents is 1. The number of nitrogens with one attached hydrogen (secondary N) is 2. The van der Waals surface area contributed by atoms with Gasteiger partial charge in [0.05, 0.1) is 15.8 Å². The molecule has 3 N–H and O–H groups in total. The molecule has 0 aliphatic rings. The van der Waals surface area contributed by atoms with Gasteiger partial charge in [0, 0.05) is 11.4 Å². The van der Waals surface area contributed by atoms with Gasteiger partial charge in [0.25, 0.3) is 5.91 Å². The summed E-state index contributed by atoms with van der Waals surface area (Å²) in [7, 11) is -3.35. The summed E-state index contributed by atoms with van der Waals surface area (Å²) in [6.45, 7) is 3.61. The average Bonchev–Trinajstić information content (AvgIpc) is 2.52. The highest BCUT2D eigenvalue weighted by Crippen LogP contribution is 2.30. The molecule has 2 aromatic carbocycles. The number of sulfonamides is 1. The number of anilines is 2. The van der Waals surface area contributed by atoms with Crippen LogP contribution in [0, 0.1) is 6.92 Å². The van der Waals surface area contributed by atoms with Crippen LogP contribution in [0.1, 0.15) is 29.3 Å². The van der Waals surface area contributed by atoms with E-state index >= 15 is 0 Å². The molecule has 0 heterocycles. The largest absolute Gasteiger partial charge is 0.506 e. The van der Waals surface area contributed by atoms with Gasteiger partial charge in [0.1, 0.15) is 5.75 Å². The number of phenols is 1. The van der Waals surface area contributed by atoms with E-state index in [1.807, 2.05) is 6.92 Å². The Morgan fingerprint density at radius 2 is 1.76 bits per heavy atom. The summed E-state index contributed by atoms with van der Waals surface area (Å²) in [6.07, 6.45) is 0.527. The minimum Gasteiger partial charge on any atom is -0.506 e. The molecule has 0 saturated heterocycles. The molecule has 2 aromatic rings. The van der Waals surface area contributed by atoms with E-state index < -0.39 is 15.9 Å². The molecule has 0 spiro atoms. The van der Waals surface area contributed by atoms with Gasteiger partial charge < -0.3 is 10.4 Å². The molecular formula is C17H19BrN2O4S. The van der Waals surface area contributed by atoms with Crippen molar-refractivity contribution in [3.05, 3.63) is 52.0 Å². The molecule has 0 atom stereocenters. The molecule has 6 nitrogen and oxygen atoms in total. The molecular weight excluding hydrogens is 408 g/mol. The van der Waals surface area contributed by atoms with Crippen molar-refractivity contribution in [1.29, 1.82) is 0 Å². The van der Waals surface area contributed by atoms with Crippen LogP contribution in [0.4, 0.5) is 11.4 Å². The van der Waals surface area contributed by atoms with Crippen LogP contribution < -0.4 is 10.0 Å². The lowest BCUT2D eigenvalue weighted by Crippen LogP contribution is -2.16. The van der Waals surface area contributed by atoms with E-state index in [2.05, 4.69) is 26.0 Å². The molecule has 8 heteroatoms. The predicted octanol–water partition coefficient (Wildman–Crippen LogP) is 3.87. The van der Waals surface area contributed by atoms with E-state index in [4.69, 9.17) is 0 Å². The number of aromatic hydroxyl groups is 1. The van der Waals surface area contributed by atoms with Crippen LogP contribution in [0.15, 0.2) is 40.9 Å². The van der Waals surface area contributed by atoms with Crippen LogP contribution in [0.3, 0.4) is 0 Å². The fourth-order valence-corrected chi connectivity index (χ4v) is 3.94. The Morgan fingerprint density at radius 1 is 1.16 bits per heavy atom. The van der Waals surface area contributed by atoms with Crippen LogP contribution in [0.5, 0.6) is 5.75 Å². The molecule has 0 aromatic heterocycles. The second kappa shape index (κ2) is 7.88. The minimum absolute atomic E-state index is 0.0486. The maximum Gasteiger partial charge on any atom is 0.259 e. The third-order valence-corrected chi connectivity index (χ3v) is 5.44. The van der Waals surface area contributed by atoms with Crippen molar-refractivity contribution in [3.63, 3.8) is 0 Å². The first-order valence-corrected chi connectivity index (χ1v) is 10.1. The van der Waals surface area contributed by atoms with Gasteiger partial charge in [-0.15, -0.1) is 0 Å². The number of amides is 1. The van der Waals surface area contributed by atoms with Crippen molar-refractivity contribution in [3.8, 4) is 5.75 Å². The lowest BCUT2D eigenvalue weighted by atomic mass is 10.1. The molecule has 2 rings (SSSR count). The van der Waals surface area contributed by atoms with Gasteiger partial charge in [-0.25, -0.2) is 8.42 Å². The fraction of sp³-hybridized carbons (Fsp3) is 0.235. The van der Waals surface area contributed by atoms with Crippen LogP contribution >= 0.6 is 15.9 Å². The zero-order valence-corrected chi connectivity index (χ0v) is 16.2. The highest BCUT2D eigenvalue weighted by Gasteiger charge is 2.15. The van der Waals surface area contributed by atoms with Crippen molar-refractivity contribution in [2.75, 3.05) is 15.8 Å². The third kappa shape index (κ3) is 5.20. The van der Waals surface area contributed by atoms with Gasteiger partial charge in [0.15, 0.2) is 0 Å². The van der Waals surface area contributed by atoms with Crippen LogP contribution in [0.2, 0.25) is 0 Å². The SMILES string of the molecule is CCCS(=O)(=O)Nc1ccc(NC(=O)c2cc(C)cc(Br)c2O)cc1. The third-order valence-electron chi connectivity index (χ3n) is 3.34. The molecule has 0 fully saturated rings. The van der Waals surface area contributed by atoms with Crippen molar-refractivity contribution >= 4 is 43.2 Å². The quantitative estimate of drug-likeness (QED) is 0.652. The minimum atomic E-state index is -3.35. The standard InChI is InChI=1S/C17H19BrN2O4S/c1-3-8-25(23,24)20-13-6-4-12(5-7-13)19-17(22)14-9-11(2)10-15(18)16(14)21/h4-7,9-10,20-21H,3,8H2,1-2H3,(H,19,22). The van der Waals surface area contributed by atoms with E-state index in [-0.39, 0.29) is 17.1 Å². The molecule has 25 heavy (non-hydrogen) atoms. The number of hydrogen-bond acceptors (Lipinski definition) is 4. The van der Waals surface area contributed by atoms with E-state index in [9.17, 15) is 18.3 Å². The van der Waals surface area contributed by atoms with Gasteiger partial charge in [-0.1, -0.05) is 6.92 Å². The normalized spacial score (nSPS) is 11.2. The maximum atomic E-state index is 12.3. The Morgan fingerprint density at radius 3 is 2.36 bits per heavy atom. The van der Waals surface area contributed by atoms with Gasteiger partial charge >= 0.3 is 0 Å². The summed E-state index contributed by atoms with van der Waals surface area (Å²) in [6, 6.07) is 9.60. The zero-order valence-electron chi connectivity index (χ0n) is 13.8. The Balaban J connectivity index is 2.13. The number of carbonyl (C=O) groups excluding carboxylic acids is 1. The first kappa shape index (κ1) is 19.3. The molecule has 0 bridgehead atoms. The van der Waals surface area contributed by atoms with Crippen molar-refractivity contribution < 1.29 is 18.3 Å². The molecule has 0 radical (unpaired) electrons. The summed E-state index contributed by atoms with van der Waals surface area (Å²) < 4.78 is 26.4. The Kier molecular flexibility index (Phi) is 6.07. The molecule has 134 valence electrons. The number of halogens is 1. The van der Waals surface area contributed by atoms with E-state index in [0.29, 0.717) is 22.3 Å². The van der Waals surface area contributed by atoms with Gasteiger partial charge in [-0.2, -0.15) is 0 Å². The number of rotatable bonds is 6. The van der Waals surface area contributed by atoms with Gasteiger partial charge in [0.2, 0.25) is 10.0 Å². The number of hydrogen-bond donors (Lipinski definition) is 3. The van der Waals surface area contributed by atoms with Gasteiger partial charge in [-0.05, 0) is 71.2 Å². The maximum absolute atomic E-state index is 12.3. The van der Waals surface area contributed by atoms with Crippen LogP contribution in [0.25, 0.3) is 0 Å². The summed E-state index contributed by atoms with van der Waals surface area (Å²) in [5, 5.41) is 12.7. The second-order valence-electron chi connectivity index (χ2n) is 5.60. The molecule has 1 amide bonds. The Labute approximate surface area is 155 Å². The van der Waals surface area contributed by atoms with Crippen molar-refractivity contribution in [1.82, 2.24) is 0 Å². The first-order valence-electron chi connectivity index (χ1n) is 7.63.